The molecule has 9 nitrogen and oxygen atoms in total. The average Bonchev–Trinajstić information content (AvgIpc) is 3.14. The standard InChI is InChI=1S/C17H22N6O3/c1-10-7-23(8-11(2)26-10)17-19-14-9-22(6-4-12(14)15(24)20-17)16(25)13-3-5-18-21-13/h3,5,10-11H,4,6-9H2,1-2H3,(H,18,21)(H,19,20,24)/t10-,11+. The van der Waals surface area contributed by atoms with Crippen molar-refractivity contribution >= 4 is 11.9 Å². The Morgan fingerprint density at radius 3 is 2.77 bits per heavy atom. The zero-order chi connectivity index (χ0) is 18.3. The quantitative estimate of drug-likeness (QED) is 0.800. The van der Waals surface area contributed by atoms with Crippen molar-refractivity contribution in [2.24, 2.45) is 0 Å². The first-order valence-corrected chi connectivity index (χ1v) is 8.82. The second kappa shape index (κ2) is 6.56. The predicted octanol–water partition coefficient (Wildman–Crippen LogP) is 0.305. The van der Waals surface area contributed by atoms with Crippen molar-refractivity contribution in [1.82, 2.24) is 25.1 Å². The van der Waals surface area contributed by atoms with Crippen LogP contribution in [0.3, 0.4) is 0 Å². The summed E-state index contributed by atoms with van der Waals surface area (Å²) in [5.74, 6) is 0.414. The van der Waals surface area contributed by atoms with Gasteiger partial charge >= 0.3 is 0 Å². The number of hydrogen-bond donors (Lipinski definition) is 2. The zero-order valence-electron chi connectivity index (χ0n) is 14.9. The maximum atomic E-state index is 12.5. The largest absolute Gasteiger partial charge is 0.372 e. The third-order valence-corrected chi connectivity index (χ3v) is 4.80. The van der Waals surface area contributed by atoms with E-state index in [-0.39, 0.29) is 23.7 Å². The summed E-state index contributed by atoms with van der Waals surface area (Å²) in [4.78, 5) is 36.4. The maximum absolute atomic E-state index is 12.5. The van der Waals surface area contributed by atoms with Crippen molar-refractivity contribution in [1.29, 1.82) is 0 Å². The van der Waals surface area contributed by atoms with Crippen LogP contribution in [0.15, 0.2) is 17.1 Å². The fourth-order valence-corrected chi connectivity index (χ4v) is 3.65. The number of fused-ring (bicyclic) bond motifs is 1. The highest BCUT2D eigenvalue weighted by Gasteiger charge is 2.28. The number of ether oxygens (including phenoxy) is 1. The molecule has 138 valence electrons. The summed E-state index contributed by atoms with van der Waals surface area (Å²) in [6.45, 7) is 6.15. The van der Waals surface area contributed by atoms with Crippen molar-refractivity contribution in [3.05, 3.63) is 39.6 Å². The molecule has 1 saturated heterocycles. The molecule has 0 bridgehead atoms. The SMILES string of the molecule is C[C@@H]1CN(c2nc3c(c(=O)[nH]2)CCN(C(=O)c2ccn[nH]2)C3)C[C@H](C)O1. The Labute approximate surface area is 150 Å². The lowest BCUT2D eigenvalue weighted by atomic mass is 10.1. The Bertz CT molecular complexity index is 852. The number of aromatic amines is 2. The molecule has 0 radical (unpaired) electrons. The molecule has 2 aromatic rings. The molecule has 4 heterocycles. The molecule has 2 atom stereocenters. The molecule has 0 spiro atoms. The van der Waals surface area contributed by atoms with E-state index in [0.717, 1.165) is 0 Å². The second-order valence-electron chi connectivity index (χ2n) is 6.92. The smallest absolute Gasteiger partial charge is 0.272 e. The average molecular weight is 358 g/mol. The lowest BCUT2D eigenvalue weighted by Crippen LogP contribution is -2.47. The molecule has 1 fully saturated rings. The minimum absolute atomic E-state index is 0.0681. The molecule has 2 aromatic heterocycles. The minimum atomic E-state index is -0.134. The van der Waals surface area contributed by atoms with Crippen LogP contribution in [-0.2, 0) is 17.7 Å². The van der Waals surface area contributed by atoms with Crippen LogP contribution in [0.25, 0.3) is 0 Å². The number of carbonyl (C=O) groups excluding carboxylic acids is 1. The Hall–Kier alpha value is -2.68. The third-order valence-electron chi connectivity index (χ3n) is 4.80. The summed E-state index contributed by atoms with van der Waals surface area (Å²) in [7, 11) is 0. The molecule has 2 aliphatic rings. The van der Waals surface area contributed by atoms with Gasteiger partial charge in [0.05, 0.1) is 24.4 Å². The van der Waals surface area contributed by atoms with E-state index >= 15 is 0 Å². The van der Waals surface area contributed by atoms with Crippen molar-refractivity contribution in [3.63, 3.8) is 0 Å². The molecule has 4 rings (SSSR count). The van der Waals surface area contributed by atoms with E-state index in [1.54, 1.807) is 17.2 Å². The Kier molecular flexibility index (Phi) is 4.23. The van der Waals surface area contributed by atoms with Crippen LogP contribution in [0, 0.1) is 0 Å². The fraction of sp³-hybridized carbons (Fsp3) is 0.529. The molecule has 2 aliphatic heterocycles. The first kappa shape index (κ1) is 16.8. The first-order chi connectivity index (χ1) is 12.5. The summed E-state index contributed by atoms with van der Waals surface area (Å²) in [5, 5.41) is 6.52. The Morgan fingerprint density at radius 2 is 2.08 bits per heavy atom. The summed E-state index contributed by atoms with van der Waals surface area (Å²) in [6.07, 6.45) is 2.18. The normalized spacial score (nSPS) is 23.0. The molecular weight excluding hydrogens is 336 g/mol. The van der Waals surface area contributed by atoms with Crippen LogP contribution >= 0.6 is 0 Å². The van der Waals surface area contributed by atoms with Crippen molar-refractivity contribution in [2.75, 3.05) is 24.5 Å². The number of anilines is 1. The predicted molar refractivity (Wildman–Crippen MR) is 94.1 cm³/mol. The molecule has 2 N–H and O–H groups in total. The van der Waals surface area contributed by atoms with Gasteiger partial charge < -0.3 is 14.5 Å². The van der Waals surface area contributed by atoms with Gasteiger partial charge in [-0.1, -0.05) is 0 Å². The summed E-state index contributed by atoms with van der Waals surface area (Å²) in [5.41, 5.74) is 1.64. The molecule has 9 heteroatoms. The van der Waals surface area contributed by atoms with E-state index in [1.807, 2.05) is 18.7 Å². The lowest BCUT2D eigenvalue weighted by Gasteiger charge is -2.36. The number of nitrogens with one attached hydrogen (secondary N) is 2. The van der Waals surface area contributed by atoms with Gasteiger partial charge in [-0.05, 0) is 26.3 Å². The molecule has 0 aliphatic carbocycles. The highest BCUT2D eigenvalue weighted by molar-refractivity contribution is 5.92. The van der Waals surface area contributed by atoms with Crippen molar-refractivity contribution in [3.8, 4) is 0 Å². The summed E-state index contributed by atoms with van der Waals surface area (Å²) < 4.78 is 5.75. The summed E-state index contributed by atoms with van der Waals surface area (Å²) in [6, 6.07) is 1.64. The topological polar surface area (TPSA) is 107 Å². The minimum Gasteiger partial charge on any atom is -0.372 e. The number of nitrogens with zero attached hydrogens (tertiary/aromatic N) is 4. The number of amides is 1. The molecule has 0 aromatic carbocycles. The molecule has 0 saturated carbocycles. The van der Waals surface area contributed by atoms with E-state index in [4.69, 9.17) is 4.74 Å². The zero-order valence-corrected chi connectivity index (χ0v) is 14.9. The monoisotopic (exact) mass is 358 g/mol. The maximum Gasteiger partial charge on any atom is 0.272 e. The number of aromatic nitrogens is 4. The number of H-pyrrole nitrogens is 2. The van der Waals surface area contributed by atoms with Gasteiger partial charge in [-0.2, -0.15) is 5.10 Å². The van der Waals surface area contributed by atoms with Crippen LogP contribution in [0.1, 0.15) is 35.6 Å². The highest BCUT2D eigenvalue weighted by atomic mass is 16.5. The third kappa shape index (κ3) is 3.10. The number of rotatable bonds is 2. The van der Waals surface area contributed by atoms with Gasteiger partial charge in [0.15, 0.2) is 0 Å². The fourth-order valence-electron chi connectivity index (χ4n) is 3.65. The molecule has 26 heavy (non-hydrogen) atoms. The van der Waals surface area contributed by atoms with Crippen LogP contribution in [0.4, 0.5) is 5.95 Å². The van der Waals surface area contributed by atoms with E-state index in [0.29, 0.717) is 55.5 Å². The van der Waals surface area contributed by atoms with Gasteiger partial charge in [-0.3, -0.25) is 19.7 Å². The van der Waals surface area contributed by atoms with Crippen LogP contribution < -0.4 is 10.5 Å². The summed E-state index contributed by atoms with van der Waals surface area (Å²) >= 11 is 0. The van der Waals surface area contributed by atoms with Crippen LogP contribution in [0.2, 0.25) is 0 Å². The van der Waals surface area contributed by atoms with Crippen molar-refractivity contribution < 1.29 is 9.53 Å². The van der Waals surface area contributed by atoms with Crippen molar-refractivity contribution in [2.45, 2.75) is 39.0 Å². The highest BCUT2D eigenvalue weighted by Crippen LogP contribution is 2.20. The van der Waals surface area contributed by atoms with E-state index in [1.165, 1.54) is 0 Å². The van der Waals surface area contributed by atoms with Gasteiger partial charge in [-0.15, -0.1) is 0 Å². The van der Waals surface area contributed by atoms with Crippen LogP contribution in [-0.4, -0.2) is 62.8 Å². The Morgan fingerprint density at radius 1 is 1.31 bits per heavy atom. The number of carbonyl (C=O) groups is 1. The van der Waals surface area contributed by atoms with Gasteiger partial charge in [0.2, 0.25) is 5.95 Å². The van der Waals surface area contributed by atoms with Gasteiger partial charge in [0.1, 0.15) is 5.69 Å². The number of hydrogen-bond acceptors (Lipinski definition) is 6. The lowest BCUT2D eigenvalue weighted by molar-refractivity contribution is -0.00575. The molecular formula is C17H22N6O3. The first-order valence-electron chi connectivity index (χ1n) is 8.82. The van der Waals surface area contributed by atoms with E-state index in [2.05, 4.69) is 20.2 Å². The van der Waals surface area contributed by atoms with E-state index in [9.17, 15) is 9.59 Å². The van der Waals surface area contributed by atoms with Gasteiger partial charge in [-0.25, -0.2) is 4.98 Å². The van der Waals surface area contributed by atoms with Gasteiger partial charge in [0.25, 0.3) is 11.5 Å². The van der Waals surface area contributed by atoms with Gasteiger partial charge in [0, 0.05) is 31.4 Å². The number of morpholine rings is 1. The van der Waals surface area contributed by atoms with E-state index < -0.39 is 0 Å². The Balaban J connectivity index is 1.60. The second-order valence-corrected chi connectivity index (χ2v) is 6.92. The molecule has 0 unspecified atom stereocenters. The molecule has 1 amide bonds. The van der Waals surface area contributed by atoms with Crippen LogP contribution in [0.5, 0.6) is 0 Å².